The minimum Gasteiger partial charge on any atom is -0.319 e. The van der Waals surface area contributed by atoms with Crippen molar-refractivity contribution in [2.75, 3.05) is 20.2 Å². The first-order chi connectivity index (χ1) is 14.8. The summed E-state index contributed by atoms with van der Waals surface area (Å²) in [5, 5.41) is 3.13. The summed E-state index contributed by atoms with van der Waals surface area (Å²) in [4.78, 5) is 0.201. The number of likely N-dealkylation sites (N-methyl/N-ethyl adjacent to an activating group) is 1. The summed E-state index contributed by atoms with van der Waals surface area (Å²) in [6.07, 6.45) is 1.70. The van der Waals surface area contributed by atoms with Gasteiger partial charge in [0.15, 0.2) is 0 Å². The van der Waals surface area contributed by atoms with Crippen LogP contribution in [0.15, 0.2) is 77.7 Å². The molecule has 0 fully saturated rings. The predicted molar refractivity (Wildman–Crippen MR) is 128 cm³/mol. The van der Waals surface area contributed by atoms with Gasteiger partial charge in [-0.05, 0) is 70.5 Å². The van der Waals surface area contributed by atoms with E-state index in [4.69, 9.17) is 4.18 Å². The molecule has 4 nitrogen and oxygen atoms in total. The van der Waals surface area contributed by atoms with Crippen LogP contribution >= 0.6 is 0 Å². The third kappa shape index (κ3) is 9.05. The van der Waals surface area contributed by atoms with Crippen molar-refractivity contribution in [1.82, 2.24) is 5.32 Å². The molecule has 3 aromatic carbocycles. The van der Waals surface area contributed by atoms with E-state index < -0.39 is 10.1 Å². The standard InChI is InChI=1S/C16H18O3S.C10H15N/c1-13-3-7-15(8-4-13)11-12-19-20(17,18)16-9-5-14(2)6-10-16;1-9-3-5-10(6-4-9)7-8-11-2/h3-10H,11-12H2,1-2H3;3-6,11H,7-8H2,1-2H3. The molecule has 0 aliphatic rings. The lowest BCUT2D eigenvalue weighted by molar-refractivity contribution is 0.322. The Labute approximate surface area is 187 Å². The van der Waals surface area contributed by atoms with Gasteiger partial charge in [0.25, 0.3) is 10.1 Å². The molecule has 0 unspecified atom stereocenters. The Morgan fingerprint density at radius 1 is 0.677 bits per heavy atom. The maximum absolute atomic E-state index is 12.0. The van der Waals surface area contributed by atoms with Gasteiger partial charge in [0.1, 0.15) is 0 Å². The molecule has 0 saturated heterocycles. The number of benzene rings is 3. The molecule has 166 valence electrons. The highest BCUT2D eigenvalue weighted by molar-refractivity contribution is 7.86. The molecule has 3 rings (SSSR count). The predicted octanol–water partition coefficient (Wildman–Crippen LogP) is 5.01. The van der Waals surface area contributed by atoms with E-state index in [0.29, 0.717) is 6.42 Å². The van der Waals surface area contributed by atoms with E-state index in [-0.39, 0.29) is 11.5 Å². The van der Waals surface area contributed by atoms with Gasteiger partial charge in [-0.25, -0.2) is 0 Å². The SMILES string of the molecule is CNCCc1ccc(C)cc1.Cc1ccc(CCOS(=O)(=O)c2ccc(C)cc2)cc1. The summed E-state index contributed by atoms with van der Waals surface area (Å²) in [5.41, 5.74) is 6.00. The monoisotopic (exact) mass is 439 g/mol. The number of aryl methyl sites for hydroxylation is 3. The van der Waals surface area contributed by atoms with Crippen molar-refractivity contribution in [2.45, 2.75) is 38.5 Å². The Balaban J connectivity index is 0.000000262. The minimum absolute atomic E-state index is 0.152. The van der Waals surface area contributed by atoms with Crippen LogP contribution in [0, 0.1) is 20.8 Å². The number of hydrogen-bond acceptors (Lipinski definition) is 4. The van der Waals surface area contributed by atoms with Crippen molar-refractivity contribution < 1.29 is 12.6 Å². The summed E-state index contributed by atoms with van der Waals surface area (Å²) >= 11 is 0. The molecular weight excluding hydrogens is 406 g/mol. The minimum atomic E-state index is -3.66. The van der Waals surface area contributed by atoms with Crippen molar-refractivity contribution in [2.24, 2.45) is 0 Å². The highest BCUT2D eigenvalue weighted by Crippen LogP contribution is 2.14. The Kier molecular flexibility index (Phi) is 9.92. The molecule has 5 heteroatoms. The van der Waals surface area contributed by atoms with Gasteiger partial charge in [0.2, 0.25) is 0 Å². The van der Waals surface area contributed by atoms with Gasteiger partial charge >= 0.3 is 0 Å². The zero-order chi connectivity index (χ0) is 22.7. The van der Waals surface area contributed by atoms with E-state index in [1.807, 2.05) is 45.2 Å². The summed E-state index contributed by atoms with van der Waals surface area (Å²) in [6, 6.07) is 23.3. The molecule has 0 radical (unpaired) electrons. The quantitative estimate of drug-likeness (QED) is 0.502. The Morgan fingerprint density at radius 3 is 1.55 bits per heavy atom. The maximum Gasteiger partial charge on any atom is 0.296 e. The van der Waals surface area contributed by atoms with E-state index in [9.17, 15) is 8.42 Å². The van der Waals surface area contributed by atoms with E-state index in [1.165, 1.54) is 16.7 Å². The lowest BCUT2D eigenvalue weighted by Gasteiger charge is -2.06. The number of hydrogen-bond donors (Lipinski definition) is 1. The van der Waals surface area contributed by atoms with Crippen LogP contribution in [0.1, 0.15) is 27.8 Å². The lowest BCUT2D eigenvalue weighted by Crippen LogP contribution is -2.10. The lowest BCUT2D eigenvalue weighted by atomic mass is 10.1. The van der Waals surface area contributed by atoms with Crippen molar-refractivity contribution in [3.8, 4) is 0 Å². The van der Waals surface area contributed by atoms with Crippen LogP contribution in [-0.4, -0.2) is 28.6 Å². The second-order valence-corrected chi connectivity index (χ2v) is 9.28. The van der Waals surface area contributed by atoms with Crippen molar-refractivity contribution >= 4 is 10.1 Å². The largest absolute Gasteiger partial charge is 0.319 e. The summed E-state index contributed by atoms with van der Waals surface area (Å²) in [6.45, 7) is 7.25. The fourth-order valence-corrected chi connectivity index (χ4v) is 3.73. The van der Waals surface area contributed by atoms with Crippen molar-refractivity contribution in [3.05, 3.63) is 101 Å². The molecule has 3 aromatic rings. The third-order valence-corrected chi connectivity index (χ3v) is 6.17. The van der Waals surface area contributed by atoms with Gasteiger partial charge in [-0.1, -0.05) is 77.4 Å². The average Bonchev–Trinajstić information content (AvgIpc) is 2.75. The van der Waals surface area contributed by atoms with Gasteiger partial charge in [-0.2, -0.15) is 8.42 Å². The van der Waals surface area contributed by atoms with Gasteiger partial charge in [-0.15, -0.1) is 0 Å². The summed E-state index contributed by atoms with van der Waals surface area (Å²) < 4.78 is 29.0. The van der Waals surface area contributed by atoms with Crippen molar-refractivity contribution in [1.29, 1.82) is 0 Å². The third-order valence-electron chi connectivity index (χ3n) is 4.84. The first-order valence-corrected chi connectivity index (χ1v) is 11.9. The molecule has 0 saturated carbocycles. The second kappa shape index (κ2) is 12.4. The van der Waals surface area contributed by atoms with Crippen LogP contribution in [0.25, 0.3) is 0 Å². The molecule has 0 amide bonds. The normalized spacial score (nSPS) is 11.0. The fourth-order valence-electron chi connectivity index (χ4n) is 2.82. The first kappa shape index (κ1) is 24.8. The highest BCUT2D eigenvalue weighted by atomic mass is 32.2. The Morgan fingerprint density at radius 2 is 1.10 bits per heavy atom. The van der Waals surface area contributed by atoms with Crippen LogP contribution in [0.4, 0.5) is 0 Å². The maximum atomic E-state index is 12.0. The van der Waals surface area contributed by atoms with Gasteiger partial charge in [-0.3, -0.25) is 4.18 Å². The van der Waals surface area contributed by atoms with E-state index >= 15 is 0 Å². The van der Waals surface area contributed by atoms with E-state index in [2.05, 4.69) is 36.5 Å². The van der Waals surface area contributed by atoms with Crippen LogP contribution < -0.4 is 5.32 Å². The van der Waals surface area contributed by atoms with E-state index in [1.54, 1.807) is 24.3 Å². The average molecular weight is 440 g/mol. The molecule has 0 atom stereocenters. The topological polar surface area (TPSA) is 55.4 Å². The zero-order valence-corrected chi connectivity index (χ0v) is 19.7. The molecule has 0 bridgehead atoms. The van der Waals surface area contributed by atoms with Crippen molar-refractivity contribution in [3.63, 3.8) is 0 Å². The van der Waals surface area contributed by atoms with Crippen LogP contribution in [-0.2, 0) is 27.1 Å². The molecule has 0 spiro atoms. The fraction of sp³-hybridized carbons (Fsp3) is 0.308. The van der Waals surface area contributed by atoms with E-state index in [0.717, 1.165) is 24.1 Å². The number of nitrogens with one attached hydrogen (secondary N) is 1. The Hall–Kier alpha value is -2.47. The molecule has 0 aromatic heterocycles. The molecule has 31 heavy (non-hydrogen) atoms. The van der Waals surface area contributed by atoms with Gasteiger partial charge < -0.3 is 5.32 Å². The zero-order valence-electron chi connectivity index (χ0n) is 18.9. The van der Waals surface area contributed by atoms with Gasteiger partial charge in [0, 0.05) is 0 Å². The van der Waals surface area contributed by atoms with Crippen LogP contribution in [0.5, 0.6) is 0 Å². The summed E-state index contributed by atoms with van der Waals surface area (Å²) in [5.74, 6) is 0. The van der Waals surface area contributed by atoms with Gasteiger partial charge in [0.05, 0.1) is 11.5 Å². The smallest absolute Gasteiger partial charge is 0.296 e. The molecule has 0 aliphatic heterocycles. The molecule has 0 aliphatic carbocycles. The first-order valence-electron chi connectivity index (χ1n) is 10.5. The highest BCUT2D eigenvalue weighted by Gasteiger charge is 2.14. The second-order valence-electron chi connectivity index (χ2n) is 7.66. The molecular formula is C26H33NO3S. The summed E-state index contributed by atoms with van der Waals surface area (Å²) in [7, 11) is -1.68. The number of rotatable bonds is 8. The molecule has 1 N–H and O–H groups in total. The molecule has 0 heterocycles. The Bertz CT molecular complexity index is 1010. The van der Waals surface area contributed by atoms with Crippen LogP contribution in [0.2, 0.25) is 0 Å². The van der Waals surface area contributed by atoms with Crippen LogP contribution in [0.3, 0.4) is 0 Å².